The maximum atomic E-state index is 12.2. The van der Waals surface area contributed by atoms with E-state index in [-0.39, 0.29) is 35.5 Å². The smallest absolute Gasteiger partial charge is 0.230 e. The highest BCUT2D eigenvalue weighted by atomic mass is 16.3. The Morgan fingerprint density at radius 3 is 1.50 bits per heavy atom. The largest absolute Gasteiger partial charge is 0.393 e. The van der Waals surface area contributed by atoms with Crippen LogP contribution in [0.3, 0.4) is 0 Å². The van der Waals surface area contributed by atoms with Gasteiger partial charge in [-0.3, -0.25) is 19.6 Å². The van der Waals surface area contributed by atoms with Gasteiger partial charge >= 0.3 is 0 Å². The van der Waals surface area contributed by atoms with Crippen molar-refractivity contribution >= 4 is 56.6 Å². The van der Waals surface area contributed by atoms with Crippen LogP contribution < -0.4 is 22.1 Å². The second-order valence-electron chi connectivity index (χ2n) is 14.7. The number of rotatable bonds is 10. The molecule has 2 saturated carbocycles. The lowest BCUT2D eigenvalue weighted by molar-refractivity contribution is -0.118. The number of nitriles is 2. The zero-order chi connectivity index (χ0) is 41.1. The minimum atomic E-state index is -0.500. The fourth-order valence-electron chi connectivity index (χ4n) is 6.75. The van der Waals surface area contributed by atoms with Crippen molar-refractivity contribution in [2.45, 2.75) is 51.7 Å². The summed E-state index contributed by atoms with van der Waals surface area (Å²) in [5.74, 6) is 0.0934. The van der Waals surface area contributed by atoms with E-state index in [2.05, 4.69) is 52.7 Å². The molecular weight excluding hydrogens is 737 g/mol. The number of anilines is 4. The third kappa shape index (κ3) is 8.79. The number of carbonyl (C=O) groups excluding carboxylic acids is 2. The van der Waals surface area contributed by atoms with Gasteiger partial charge < -0.3 is 32.3 Å². The predicted octanol–water partition coefficient (Wildman–Crippen LogP) is 4.59. The Morgan fingerprint density at radius 1 is 0.724 bits per heavy atom. The second kappa shape index (κ2) is 16.5. The molecule has 8 rings (SSSR count). The van der Waals surface area contributed by atoms with Crippen LogP contribution >= 0.6 is 0 Å². The van der Waals surface area contributed by atoms with Crippen molar-refractivity contribution in [2.75, 3.05) is 22.1 Å². The number of hydrogen-bond donors (Lipinski definition) is 6. The number of aromatic nitrogens is 6. The summed E-state index contributed by atoms with van der Waals surface area (Å²) in [6.07, 6.45) is 11.0. The predicted molar refractivity (Wildman–Crippen MR) is 217 cm³/mol. The van der Waals surface area contributed by atoms with E-state index in [9.17, 15) is 19.8 Å². The number of aliphatic hydroxyl groups excluding tert-OH is 2. The molecule has 6 aromatic heterocycles. The molecule has 2 aliphatic rings. The maximum absolute atomic E-state index is 12.2. The molecular formula is C42H40N12O4. The highest BCUT2D eigenvalue weighted by Gasteiger charge is 2.44. The summed E-state index contributed by atoms with van der Waals surface area (Å²) >= 11 is 0. The van der Waals surface area contributed by atoms with E-state index in [4.69, 9.17) is 22.0 Å². The molecule has 6 aromatic rings. The molecule has 58 heavy (non-hydrogen) atoms. The summed E-state index contributed by atoms with van der Waals surface area (Å²) in [6, 6.07) is 15.1. The van der Waals surface area contributed by atoms with Crippen LogP contribution in [-0.4, -0.2) is 64.1 Å². The van der Waals surface area contributed by atoms with Crippen molar-refractivity contribution in [3.8, 4) is 34.7 Å². The number of nitrogens with one attached hydrogen (secondary N) is 2. The lowest BCUT2D eigenvalue weighted by atomic mass is 10.0. The van der Waals surface area contributed by atoms with Crippen LogP contribution in [0, 0.1) is 46.3 Å². The van der Waals surface area contributed by atoms with Gasteiger partial charge in [0.1, 0.15) is 23.3 Å². The maximum Gasteiger partial charge on any atom is 0.230 e. The zero-order valence-electron chi connectivity index (χ0n) is 31.7. The highest BCUT2D eigenvalue weighted by molar-refractivity contribution is 6.00. The summed E-state index contributed by atoms with van der Waals surface area (Å²) in [6.45, 7) is 3.45. The molecule has 2 unspecified atom stereocenters. The van der Waals surface area contributed by atoms with Crippen molar-refractivity contribution in [1.29, 1.82) is 10.5 Å². The van der Waals surface area contributed by atoms with E-state index in [0.717, 1.165) is 33.0 Å². The molecule has 2 amide bonds. The first-order valence-corrected chi connectivity index (χ1v) is 18.7. The van der Waals surface area contributed by atoms with Gasteiger partial charge in [0.15, 0.2) is 0 Å². The molecule has 0 aliphatic heterocycles. The summed E-state index contributed by atoms with van der Waals surface area (Å²) in [5.41, 5.74) is 17.0. The molecule has 16 nitrogen and oxygen atoms in total. The molecule has 0 bridgehead atoms. The van der Waals surface area contributed by atoms with Crippen molar-refractivity contribution in [1.82, 2.24) is 29.9 Å². The average Bonchev–Trinajstić information content (AvgIpc) is 4.13. The number of carbonyl (C=O) groups is 2. The van der Waals surface area contributed by atoms with Gasteiger partial charge in [-0.2, -0.15) is 10.5 Å². The first-order chi connectivity index (χ1) is 27.9. The van der Waals surface area contributed by atoms with E-state index >= 15 is 0 Å². The summed E-state index contributed by atoms with van der Waals surface area (Å²) in [7, 11) is 0. The molecule has 2 aliphatic carbocycles. The minimum absolute atomic E-state index is 0.197. The van der Waals surface area contributed by atoms with Gasteiger partial charge in [0.05, 0.1) is 59.4 Å². The van der Waals surface area contributed by atoms with Crippen LogP contribution in [-0.2, 0) is 22.4 Å². The Labute approximate surface area is 333 Å². The van der Waals surface area contributed by atoms with Gasteiger partial charge in [0.2, 0.25) is 11.8 Å². The van der Waals surface area contributed by atoms with Gasteiger partial charge in [0.25, 0.3) is 0 Å². The zero-order valence-corrected chi connectivity index (χ0v) is 31.7. The van der Waals surface area contributed by atoms with Crippen molar-refractivity contribution in [2.24, 2.45) is 23.7 Å². The topological polar surface area (TPSA) is 276 Å². The van der Waals surface area contributed by atoms with E-state index in [1.165, 1.54) is 0 Å². The highest BCUT2D eigenvalue weighted by Crippen LogP contribution is 2.40. The lowest BCUT2D eigenvalue weighted by Crippen LogP contribution is -2.15. The average molecular weight is 777 g/mol. The number of nitrogens with zero attached hydrogens (tertiary/aromatic N) is 8. The lowest BCUT2D eigenvalue weighted by Gasteiger charge is -2.12. The van der Waals surface area contributed by atoms with Crippen LogP contribution in [0.2, 0.25) is 0 Å². The summed E-state index contributed by atoms with van der Waals surface area (Å²) < 4.78 is 0. The number of amides is 2. The van der Waals surface area contributed by atoms with E-state index in [0.29, 0.717) is 71.1 Å². The quantitative estimate of drug-likeness (QED) is 0.111. The van der Waals surface area contributed by atoms with Crippen LogP contribution in [0.5, 0.6) is 0 Å². The van der Waals surface area contributed by atoms with Gasteiger partial charge in [-0.15, -0.1) is 0 Å². The van der Waals surface area contributed by atoms with E-state index in [1.54, 1.807) is 63.2 Å². The first kappa shape index (κ1) is 39.1. The Bertz CT molecular complexity index is 2460. The number of pyridine rings is 6. The number of hydrogen-bond acceptors (Lipinski definition) is 14. The number of fused-ring (bicyclic) bond motifs is 2. The van der Waals surface area contributed by atoms with Crippen LogP contribution in [0.15, 0.2) is 73.6 Å². The molecule has 2 fully saturated rings. The Morgan fingerprint density at radius 2 is 1.14 bits per heavy atom. The van der Waals surface area contributed by atoms with E-state index in [1.807, 2.05) is 24.3 Å². The molecule has 0 saturated heterocycles. The molecule has 0 radical (unpaired) electrons. The van der Waals surface area contributed by atoms with Gasteiger partial charge in [-0.1, -0.05) is 0 Å². The molecule has 0 aromatic carbocycles. The van der Waals surface area contributed by atoms with Crippen LogP contribution in [0.4, 0.5) is 23.3 Å². The third-order valence-corrected chi connectivity index (χ3v) is 9.98. The van der Waals surface area contributed by atoms with Gasteiger partial charge in [-0.05, 0) is 97.8 Å². The number of nitrogens with two attached hydrogens (primary N) is 2. The number of nitrogen functional groups attached to an aromatic ring is 2. The first-order valence-electron chi connectivity index (χ1n) is 18.7. The monoisotopic (exact) mass is 776 g/mol. The van der Waals surface area contributed by atoms with Crippen LogP contribution in [0.1, 0.15) is 37.8 Å². The number of aliphatic hydroxyl groups is 2. The minimum Gasteiger partial charge on any atom is -0.393 e. The summed E-state index contributed by atoms with van der Waals surface area (Å²) in [5, 5.41) is 45.8. The van der Waals surface area contributed by atoms with E-state index < -0.39 is 12.2 Å². The SMILES string of the molecule is CC(O)Cc1ccncc1-c1cc2cc(NC(=O)[C@@H]3C[C@H]3C#N)ncc2c(N)n1.CC(O)Cc1ccncc1-c1cc2cc(NC(=O)[C@H]3C[C@@H]3C#N)ncc2c(N)n1. The van der Waals surface area contributed by atoms with Gasteiger partial charge in [0, 0.05) is 59.1 Å². The molecule has 8 N–H and O–H groups in total. The molecule has 6 atom stereocenters. The van der Waals surface area contributed by atoms with Gasteiger partial charge in [-0.25, -0.2) is 19.9 Å². The molecule has 16 heteroatoms. The van der Waals surface area contributed by atoms with Crippen molar-refractivity contribution in [3.05, 3.63) is 84.7 Å². The Kier molecular flexibility index (Phi) is 11.1. The fraction of sp³-hybridized carbons (Fsp3) is 0.286. The standard InChI is InChI=1S/2C21H20N6O2/c2*1-11(28)4-12-2-3-24-9-16(12)18-6-13-7-19(25-10-17(13)20(23)26-18)27-21(29)15-5-14(15)8-22/h2*2-3,6-7,9-11,14-15,28H,4-5H2,1H3,(H2,23,26)(H,25,27,29)/t2*11?,14-,15+/m10/s1. The van der Waals surface area contributed by atoms with Crippen LogP contribution in [0.25, 0.3) is 44.1 Å². The molecule has 292 valence electrons. The summed E-state index contributed by atoms with van der Waals surface area (Å²) in [4.78, 5) is 50.2. The molecule has 0 spiro atoms. The van der Waals surface area contributed by atoms with Crippen molar-refractivity contribution in [3.63, 3.8) is 0 Å². The normalized spacial score (nSPS) is 18.8. The van der Waals surface area contributed by atoms with Crippen molar-refractivity contribution < 1.29 is 19.8 Å². The fourth-order valence-corrected chi connectivity index (χ4v) is 6.75. The second-order valence-corrected chi connectivity index (χ2v) is 14.7. The Hall–Kier alpha value is -7.14. The Balaban J connectivity index is 0.000000177. The molecule has 6 heterocycles. The third-order valence-electron chi connectivity index (χ3n) is 9.98.